The fourth-order valence-corrected chi connectivity index (χ4v) is 1.60. The summed E-state index contributed by atoms with van der Waals surface area (Å²) in [6, 6.07) is 0. The molecule has 1 saturated carbocycles. The molecule has 0 aromatic carbocycles. The molecule has 0 heterocycles. The molecule has 1 atom stereocenters. The predicted molar refractivity (Wildman–Crippen MR) is 31.5 cm³/mol. The van der Waals surface area contributed by atoms with Crippen molar-refractivity contribution in [3.05, 3.63) is 0 Å². The Morgan fingerprint density at radius 3 is 2.25 bits per heavy atom. The van der Waals surface area contributed by atoms with E-state index in [4.69, 9.17) is 0 Å². The van der Waals surface area contributed by atoms with E-state index < -0.39 is 5.92 Å². The molecule has 48 valence electrons. The summed E-state index contributed by atoms with van der Waals surface area (Å²) < 4.78 is 24.3. The number of rotatable bonds is 0. The number of alkyl halides is 3. The maximum Gasteiger partial charge on any atom is 0.249 e. The van der Waals surface area contributed by atoms with Gasteiger partial charge in [-0.15, -0.1) is 0 Å². The molecule has 0 bridgehead atoms. The summed E-state index contributed by atoms with van der Waals surface area (Å²) in [7, 11) is 0. The highest BCUT2D eigenvalue weighted by molar-refractivity contribution is 9.09. The lowest BCUT2D eigenvalue weighted by atomic mass is 10.3. The fourth-order valence-electron chi connectivity index (χ4n) is 0.896. The molecule has 0 aromatic rings. The monoisotopic (exact) mass is 184 g/mol. The molecule has 3 heteroatoms. The van der Waals surface area contributed by atoms with Gasteiger partial charge in [0.1, 0.15) is 0 Å². The topological polar surface area (TPSA) is 0 Å². The van der Waals surface area contributed by atoms with Crippen LogP contribution < -0.4 is 0 Å². The third-order valence-electron chi connectivity index (χ3n) is 1.34. The normalized spacial score (nSPS) is 35.6. The van der Waals surface area contributed by atoms with E-state index in [0.29, 0.717) is 6.42 Å². The summed E-state index contributed by atoms with van der Waals surface area (Å²) in [5.74, 6) is -2.38. The summed E-state index contributed by atoms with van der Waals surface area (Å²) in [6.45, 7) is 0. The minimum atomic E-state index is -2.38. The molecule has 1 fully saturated rings. The van der Waals surface area contributed by atoms with Crippen LogP contribution in [0.4, 0.5) is 8.78 Å². The van der Waals surface area contributed by atoms with E-state index >= 15 is 0 Å². The zero-order valence-corrected chi connectivity index (χ0v) is 5.92. The molecule has 0 N–H and O–H groups in total. The predicted octanol–water partition coefficient (Wildman–Crippen LogP) is 2.57. The van der Waals surface area contributed by atoms with Crippen molar-refractivity contribution in [1.29, 1.82) is 0 Å². The third-order valence-corrected chi connectivity index (χ3v) is 2.13. The van der Waals surface area contributed by atoms with Gasteiger partial charge < -0.3 is 0 Å². The summed E-state index contributed by atoms with van der Waals surface area (Å²) in [6.07, 6.45) is 0.697. The minimum absolute atomic E-state index is 0.0208. The second-order valence-corrected chi connectivity index (χ2v) is 3.49. The van der Waals surface area contributed by atoms with Crippen LogP contribution in [0.15, 0.2) is 0 Å². The van der Waals surface area contributed by atoms with E-state index in [2.05, 4.69) is 15.9 Å². The summed E-state index contributed by atoms with van der Waals surface area (Å²) >= 11 is 3.13. The molecule has 0 saturated heterocycles. The van der Waals surface area contributed by atoms with Gasteiger partial charge in [-0.05, 0) is 6.42 Å². The Labute approximate surface area is 55.4 Å². The molecular formula is C5H7BrF2. The van der Waals surface area contributed by atoms with Crippen LogP contribution in [0, 0.1) is 0 Å². The SMILES string of the molecule is FC1(F)CC[C@H](Br)C1. The van der Waals surface area contributed by atoms with E-state index in [9.17, 15) is 8.78 Å². The van der Waals surface area contributed by atoms with E-state index in [1.165, 1.54) is 0 Å². The zero-order valence-electron chi connectivity index (χ0n) is 4.33. The van der Waals surface area contributed by atoms with Gasteiger partial charge in [0.25, 0.3) is 0 Å². The third kappa shape index (κ3) is 1.41. The highest BCUT2D eigenvalue weighted by Crippen LogP contribution is 2.38. The molecule has 0 spiro atoms. The van der Waals surface area contributed by atoms with E-state index in [0.717, 1.165) is 0 Å². The Morgan fingerprint density at radius 2 is 2.12 bits per heavy atom. The molecule has 0 unspecified atom stereocenters. The van der Waals surface area contributed by atoms with Crippen molar-refractivity contribution in [3.63, 3.8) is 0 Å². The van der Waals surface area contributed by atoms with Gasteiger partial charge in [-0.2, -0.15) is 0 Å². The first kappa shape index (κ1) is 6.46. The lowest BCUT2D eigenvalue weighted by Gasteiger charge is -2.04. The fraction of sp³-hybridized carbons (Fsp3) is 1.00. The summed E-state index contributed by atoms with van der Waals surface area (Å²) in [5, 5.41) is 0. The van der Waals surface area contributed by atoms with Gasteiger partial charge in [-0.25, -0.2) is 8.78 Å². The van der Waals surface area contributed by atoms with Crippen molar-refractivity contribution in [2.75, 3.05) is 0 Å². The molecule has 1 rings (SSSR count). The molecule has 0 nitrogen and oxygen atoms in total. The molecule has 0 aromatic heterocycles. The van der Waals surface area contributed by atoms with Crippen LogP contribution in [0.5, 0.6) is 0 Å². The van der Waals surface area contributed by atoms with Gasteiger partial charge in [0, 0.05) is 17.7 Å². The maximum absolute atomic E-state index is 12.2. The standard InChI is InChI=1S/C5H7BrF2/c6-4-1-2-5(7,8)3-4/h4H,1-3H2/t4-/m0/s1. The highest BCUT2D eigenvalue weighted by atomic mass is 79.9. The first-order valence-electron chi connectivity index (χ1n) is 2.62. The van der Waals surface area contributed by atoms with Crippen LogP contribution in [0.25, 0.3) is 0 Å². The second-order valence-electron chi connectivity index (χ2n) is 2.20. The van der Waals surface area contributed by atoms with Crippen LogP contribution >= 0.6 is 15.9 Å². The lowest BCUT2D eigenvalue weighted by Crippen LogP contribution is -2.08. The van der Waals surface area contributed by atoms with Gasteiger partial charge >= 0.3 is 0 Å². The molecule has 1 aliphatic carbocycles. The largest absolute Gasteiger partial charge is 0.249 e. The first-order chi connectivity index (χ1) is 3.60. The molecule has 0 radical (unpaired) electrons. The van der Waals surface area contributed by atoms with Gasteiger partial charge in [0.2, 0.25) is 5.92 Å². The summed E-state index contributed by atoms with van der Waals surface area (Å²) in [4.78, 5) is 0.0532. The quantitative estimate of drug-likeness (QED) is 0.508. The van der Waals surface area contributed by atoms with E-state index in [1.807, 2.05) is 0 Å². The van der Waals surface area contributed by atoms with Crippen molar-refractivity contribution < 1.29 is 8.78 Å². The Kier molecular flexibility index (Phi) is 1.56. The average Bonchev–Trinajstić information content (AvgIpc) is 1.82. The Morgan fingerprint density at radius 1 is 1.50 bits per heavy atom. The molecular weight excluding hydrogens is 178 g/mol. The highest BCUT2D eigenvalue weighted by Gasteiger charge is 2.37. The minimum Gasteiger partial charge on any atom is -0.207 e. The van der Waals surface area contributed by atoms with Crippen LogP contribution in [-0.2, 0) is 0 Å². The van der Waals surface area contributed by atoms with Crippen LogP contribution in [-0.4, -0.2) is 10.7 Å². The van der Waals surface area contributed by atoms with Crippen molar-refractivity contribution in [2.24, 2.45) is 0 Å². The number of hydrogen-bond donors (Lipinski definition) is 0. The van der Waals surface area contributed by atoms with Crippen molar-refractivity contribution in [1.82, 2.24) is 0 Å². The van der Waals surface area contributed by atoms with Crippen LogP contribution in [0.3, 0.4) is 0 Å². The van der Waals surface area contributed by atoms with Gasteiger partial charge in [-0.3, -0.25) is 0 Å². The van der Waals surface area contributed by atoms with Crippen LogP contribution in [0.2, 0.25) is 0 Å². The van der Waals surface area contributed by atoms with Crippen molar-refractivity contribution in [2.45, 2.75) is 30.0 Å². The Bertz CT molecular complexity index is 92.4. The number of hydrogen-bond acceptors (Lipinski definition) is 0. The Balaban J connectivity index is 2.44. The van der Waals surface area contributed by atoms with Crippen LogP contribution in [0.1, 0.15) is 19.3 Å². The Hall–Kier alpha value is 0.340. The zero-order chi connectivity index (χ0) is 6.20. The second kappa shape index (κ2) is 1.94. The molecule has 8 heavy (non-hydrogen) atoms. The van der Waals surface area contributed by atoms with E-state index in [-0.39, 0.29) is 17.7 Å². The molecule has 0 amide bonds. The average molecular weight is 185 g/mol. The number of halogens is 3. The van der Waals surface area contributed by atoms with Crippen molar-refractivity contribution >= 4 is 15.9 Å². The molecule has 0 aliphatic heterocycles. The first-order valence-corrected chi connectivity index (χ1v) is 3.54. The summed E-state index contributed by atoms with van der Waals surface area (Å²) in [5.41, 5.74) is 0. The van der Waals surface area contributed by atoms with E-state index in [1.54, 1.807) is 0 Å². The van der Waals surface area contributed by atoms with Gasteiger partial charge in [-0.1, -0.05) is 15.9 Å². The molecule has 1 aliphatic rings. The van der Waals surface area contributed by atoms with Gasteiger partial charge in [0.05, 0.1) is 0 Å². The maximum atomic E-state index is 12.2. The van der Waals surface area contributed by atoms with Crippen molar-refractivity contribution in [3.8, 4) is 0 Å². The smallest absolute Gasteiger partial charge is 0.207 e. The van der Waals surface area contributed by atoms with Gasteiger partial charge in [0.15, 0.2) is 0 Å². The lowest BCUT2D eigenvalue weighted by molar-refractivity contribution is 0.00992.